The maximum atomic E-state index is 12.3. The van der Waals surface area contributed by atoms with Crippen LogP contribution in [0.15, 0.2) is 42.5 Å². The Bertz CT molecular complexity index is 957. The Labute approximate surface area is 174 Å². The van der Waals surface area contributed by atoms with Crippen molar-refractivity contribution in [3.8, 4) is 5.75 Å². The molecule has 0 aromatic heterocycles. The van der Waals surface area contributed by atoms with Crippen molar-refractivity contribution in [1.82, 2.24) is 0 Å². The zero-order chi connectivity index (χ0) is 19.8. The lowest BCUT2D eigenvalue weighted by atomic mass is 9.76. The van der Waals surface area contributed by atoms with Crippen molar-refractivity contribution in [2.45, 2.75) is 31.7 Å². The minimum absolute atomic E-state index is 0.0532. The molecule has 0 saturated heterocycles. The largest absolute Gasteiger partial charge is 0.506 e. The molecule has 4 nitrogen and oxygen atoms in total. The molecule has 0 radical (unpaired) electrons. The summed E-state index contributed by atoms with van der Waals surface area (Å²) >= 11 is 12.3. The monoisotopic (exact) mass is 417 g/mol. The molecular weight excluding hydrogens is 397 g/mol. The fourth-order valence-electron chi connectivity index (χ4n) is 4.13. The van der Waals surface area contributed by atoms with Crippen molar-refractivity contribution in [1.29, 1.82) is 0 Å². The van der Waals surface area contributed by atoms with Gasteiger partial charge in [-0.25, -0.2) is 4.79 Å². The SMILES string of the molecule is CCCOC(=O)c1ccc2c(c1)C1C=CCC1C(c1cc(Cl)cc(Cl)c1O)N2. The van der Waals surface area contributed by atoms with Gasteiger partial charge in [0.2, 0.25) is 0 Å². The number of fused-ring (bicyclic) bond motifs is 3. The van der Waals surface area contributed by atoms with Crippen LogP contribution in [0.5, 0.6) is 5.75 Å². The van der Waals surface area contributed by atoms with Gasteiger partial charge in [0.25, 0.3) is 0 Å². The highest BCUT2D eigenvalue weighted by Crippen LogP contribution is 2.52. The fourth-order valence-corrected chi connectivity index (χ4v) is 4.64. The van der Waals surface area contributed by atoms with Gasteiger partial charge in [-0.1, -0.05) is 42.3 Å². The van der Waals surface area contributed by atoms with Gasteiger partial charge in [-0.2, -0.15) is 0 Å². The standard InChI is InChI=1S/C22H21Cl2NO3/c1-2-8-28-22(27)12-6-7-19-16(9-12)14-4-3-5-15(14)20(25-19)17-10-13(23)11-18(24)21(17)26/h3-4,6-7,9-11,14-15,20,25-26H,2,5,8H2,1H3. The molecule has 4 rings (SSSR count). The van der Waals surface area contributed by atoms with E-state index in [9.17, 15) is 9.90 Å². The number of anilines is 1. The average molecular weight is 418 g/mol. The Morgan fingerprint density at radius 3 is 2.86 bits per heavy atom. The van der Waals surface area contributed by atoms with Crippen LogP contribution in [0.25, 0.3) is 0 Å². The molecular formula is C22H21Cl2NO3. The number of aromatic hydroxyl groups is 1. The van der Waals surface area contributed by atoms with E-state index < -0.39 is 0 Å². The topological polar surface area (TPSA) is 58.6 Å². The van der Waals surface area contributed by atoms with Crippen LogP contribution in [0.2, 0.25) is 10.0 Å². The van der Waals surface area contributed by atoms with Crippen molar-refractivity contribution in [3.05, 3.63) is 69.2 Å². The zero-order valence-electron chi connectivity index (χ0n) is 15.4. The first kappa shape index (κ1) is 19.2. The summed E-state index contributed by atoms with van der Waals surface area (Å²) in [5, 5.41) is 14.8. The predicted octanol–water partition coefficient (Wildman–Crippen LogP) is 6.09. The van der Waals surface area contributed by atoms with Crippen LogP contribution >= 0.6 is 23.2 Å². The number of nitrogens with one attached hydrogen (secondary N) is 1. The lowest BCUT2D eigenvalue weighted by Crippen LogP contribution is -2.29. The second kappa shape index (κ2) is 7.69. The molecule has 0 fully saturated rings. The molecule has 2 aromatic rings. The predicted molar refractivity (Wildman–Crippen MR) is 111 cm³/mol. The summed E-state index contributed by atoms with van der Waals surface area (Å²) in [6.07, 6.45) is 5.96. The summed E-state index contributed by atoms with van der Waals surface area (Å²) in [5.41, 5.74) is 3.24. The molecule has 2 N–H and O–H groups in total. The summed E-state index contributed by atoms with van der Waals surface area (Å²) < 4.78 is 5.27. The van der Waals surface area contributed by atoms with Crippen molar-refractivity contribution < 1.29 is 14.6 Å². The van der Waals surface area contributed by atoms with Gasteiger partial charge in [0.05, 0.1) is 23.2 Å². The Balaban J connectivity index is 1.72. The lowest BCUT2D eigenvalue weighted by Gasteiger charge is -2.38. The summed E-state index contributed by atoms with van der Waals surface area (Å²) in [6, 6.07) is 8.74. The number of allylic oxidation sites excluding steroid dienone is 2. The van der Waals surface area contributed by atoms with E-state index in [0.717, 1.165) is 24.1 Å². The molecule has 0 bridgehead atoms. The summed E-state index contributed by atoms with van der Waals surface area (Å²) in [7, 11) is 0. The van der Waals surface area contributed by atoms with E-state index in [1.807, 2.05) is 19.1 Å². The molecule has 0 spiro atoms. The van der Waals surface area contributed by atoms with Gasteiger partial charge in [0.15, 0.2) is 0 Å². The Morgan fingerprint density at radius 2 is 2.07 bits per heavy atom. The van der Waals surface area contributed by atoms with Gasteiger partial charge < -0.3 is 15.2 Å². The van der Waals surface area contributed by atoms with E-state index in [1.54, 1.807) is 12.1 Å². The van der Waals surface area contributed by atoms with E-state index in [4.69, 9.17) is 27.9 Å². The number of phenols is 1. The van der Waals surface area contributed by atoms with Crippen molar-refractivity contribution in [3.63, 3.8) is 0 Å². The quantitative estimate of drug-likeness (QED) is 0.466. The van der Waals surface area contributed by atoms with E-state index in [-0.39, 0.29) is 34.6 Å². The first-order valence-electron chi connectivity index (χ1n) is 9.41. The van der Waals surface area contributed by atoms with Crippen LogP contribution in [0.1, 0.15) is 53.2 Å². The zero-order valence-corrected chi connectivity index (χ0v) is 16.9. The second-order valence-electron chi connectivity index (χ2n) is 7.24. The Hall–Kier alpha value is -2.17. The van der Waals surface area contributed by atoms with Crippen LogP contribution in [0.4, 0.5) is 5.69 Å². The number of hydrogen-bond donors (Lipinski definition) is 2. The average Bonchev–Trinajstić information content (AvgIpc) is 3.18. The molecule has 6 heteroatoms. The van der Waals surface area contributed by atoms with Crippen molar-refractivity contribution in [2.24, 2.45) is 5.92 Å². The molecule has 1 heterocycles. The third-order valence-electron chi connectivity index (χ3n) is 5.43. The number of ether oxygens (including phenoxy) is 1. The van der Waals surface area contributed by atoms with Crippen molar-refractivity contribution in [2.75, 3.05) is 11.9 Å². The highest BCUT2D eigenvalue weighted by atomic mass is 35.5. The Morgan fingerprint density at radius 1 is 1.25 bits per heavy atom. The van der Waals surface area contributed by atoms with E-state index in [1.165, 1.54) is 6.07 Å². The molecule has 0 amide bonds. The van der Waals surface area contributed by atoms with Gasteiger partial charge in [-0.3, -0.25) is 0 Å². The number of halogens is 2. The maximum Gasteiger partial charge on any atom is 0.338 e. The van der Waals surface area contributed by atoms with Crippen LogP contribution in [0, 0.1) is 5.92 Å². The molecule has 3 atom stereocenters. The molecule has 0 saturated carbocycles. The van der Waals surface area contributed by atoms with Crippen LogP contribution in [-0.2, 0) is 4.74 Å². The fraction of sp³-hybridized carbons (Fsp3) is 0.318. The number of hydrogen-bond acceptors (Lipinski definition) is 4. The van der Waals surface area contributed by atoms with Gasteiger partial charge in [0.1, 0.15) is 5.75 Å². The molecule has 146 valence electrons. The highest BCUT2D eigenvalue weighted by Gasteiger charge is 2.39. The molecule has 1 aliphatic heterocycles. The Kier molecular flexibility index (Phi) is 5.26. The van der Waals surface area contributed by atoms with Gasteiger partial charge in [0, 0.05) is 22.2 Å². The first-order chi connectivity index (χ1) is 13.5. The van der Waals surface area contributed by atoms with Crippen LogP contribution < -0.4 is 5.32 Å². The molecule has 3 unspecified atom stereocenters. The van der Waals surface area contributed by atoms with Gasteiger partial charge in [-0.15, -0.1) is 0 Å². The highest BCUT2D eigenvalue weighted by molar-refractivity contribution is 6.35. The van der Waals surface area contributed by atoms with Crippen molar-refractivity contribution >= 4 is 34.9 Å². The number of phenolic OH excluding ortho intramolecular Hbond substituents is 1. The third kappa shape index (κ3) is 3.36. The number of carbonyl (C=O) groups excluding carboxylic acids is 1. The normalized spacial score (nSPS) is 22.3. The lowest BCUT2D eigenvalue weighted by molar-refractivity contribution is 0.0505. The summed E-state index contributed by atoms with van der Waals surface area (Å²) in [4.78, 5) is 12.3. The number of carbonyl (C=O) groups is 1. The minimum atomic E-state index is -0.301. The first-order valence-corrected chi connectivity index (χ1v) is 10.2. The van der Waals surface area contributed by atoms with Gasteiger partial charge in [-0.05, 0) is 54.7 Å². The van der Waals surface area contributed by atoms with E-state index >= 15 is 0 Å². The second-order valence-corrected chi connectivity index (χ2v) is 8.08. The van der Waals surface area contributed by atoms with Gasteiger partial charge >= 0.3 is 5.97 Å². The van der Waals surface area contributed by atoms with E-state index in [2.05, 4.69) is 17.5 Å². The number of rotatable bonds is 4. The maximum absolute atomic E-state index is 12.3. The van der Waals surface area contributed by atoms with Crippen LogP contribution in [-0.4, -0.2) is 17.7 Å². The minimum Gasteiger partial charge on any atom is -0.506 e. The summed E-state index contributed by atoms with van der Waals surface area (Å²) in [5.74, 6) is 0.0779. The molecule has 2 aromatic carbocycles. The third-order valence-corrected chi connectivity index (χ3v) is 5.93. The summed E-state index contributed by atoms with van der Waals surface area (Å²) in [6.45, 7) is 2.38. The smallest absolute Gasteiger partial charge is 0.338 e. The number of benzene rings is 2. The molecule has 28 heavy (non-hydrogen) atoms. The molecule has 2 aliphatic rings. The van der Waals surface area contributed by atoms with E-state index in [0.29, 0.717) is 22.8 Å². The van der Waals surface area contributed by atoms with Crippen LogP contribution in [0.3, 0.4) is 0 Å². The molecule has 1 aliphatic carbocycles. The number of esters is 1.